The van der Waals surface area contributed by atoms with Crippen LogP contribution >= 0.6 is 0 Å². The van der Waals surface area contributed by atoms with Gasteiger partial charge in [0.1, 0.15) is 0 Å². The third-order valence-corrected chi connectivity index (χ3v) is 4.78. The molecule has 1 heterocycles. The molecule has 5 nitrogen and oxygen atoms in total. The molecule has 0 saturated carbocycles. The van der Waals surface area contributed by atoms with Gasteiger partial charge in [-0.3, -0.25) is 4.79 Å². The van der Waals surface area contributed by atoms with E-state index in [1.54, 1.807) is 13.0 Å². The maximum atomic E-state index is 11.7. The normalized spacial score (nSPS) is 22.1. The summed E-state index contributed by atoms with van der Waals surface area (Å²) in [6.45, 7) is 6.41. The highest BCUT2D eigenvalue weighted by molar-refractivity contribution is 7.89. The fourth-order valence-corrected chi connectivity index (χ4v) is 3.09. The van der Waals surface area contributed by atoms with Crippen molar-refractivity contribution in [3.05, 3.63) is 12.7 Å². The second-order valence-corrected chi connectivity index (χ2v) is 6.39. The van der Waals surface area contributed by atoms with E-state index in [0.29, 0.717) is 19.6 Å². The van der Waals surface area contributed by atoms with Gasteiger partial charge in [0.15, 0.2) is 0 Å². The minimum Gasteiger partial charge on any atom is -0.352 e. The Morgan fingerprint density at radius 2 is 2.29 bits per heavy atom. The molecule has 6 heteroatoms. The van der Waals surface area contributed by atoms with E-state index in [1.165, 1.54) is 4.31 Å². The van der Waals surface area contributed by atoms with E-state index in [0.717, 1.165) is 12.8 Å². The molecule has 0 aromatic heterocycles. The molecule has 1 amide bonds. The molecule has 1 atom stereocenters. The first kappa shape index (κ1) is 14.2. The quantitative estimate of drug-likeness (QED) is 0.725. The second kappa shape index (κ2) is 6.16. The number of rotatable bonds is 5. The highest BCUT2D eigenvalue weighted by Crippen LogP contribution is 2.19. The third kappa shape index (κ3) is 3.81. The molecule has 98 valence electrons. The van der Waals surface area contributed by atoms with E-state index in [9.17, 15) is 13.2 Å². The lowest BCUT2D eigenvalue weighted by Crippen LogP contribution is -2.45. The Morgan fingerprint density at radius 3 is 2.88 bits per heavy atom. The first-order valence-corrected chi connectivity index (χ1v) is 7.48. The summed E-state index contributed by atoms with van der Waals surface area (Å²) in [5.74, 6) is -0.223. The van der Waals surface area contributed by atoms with Gasteiger partial charge in [-0.2, -0.15) is 0 Å². The van der Waals surface area contributed by atoms with Crippen LogP contribution in [0.4, 0.5) is 0 Å². The predicted molar refractivity (Wildman–Crippen MR) is 67.0 cm³/mol. The number of nitrogens with zero attached hydrogens (tertiary/aromatic N) is 1. The van der Waals surface area contributed by atoms with Gasteiger partial charge in [0.05, 0.1) is 11.7 Å². The van der Waals surface area contributed by atoms with Gasteiger partial charge in [-0.15, -0.1) is 6.58 Å². The standard InChI is InChI=1S/C11H20N2O3S/c1-3-7-12-11(14)10-6-5-8-13(9-10)17(15,16)4-2/h3,10H,1,4-9H2,2H3,(H,12,14). The smallest absolute Gasteiger partial charge is 0.224 e. The van der Waals surface area contributed by atoms with Crippen LogP contribution in [-0.4, -0.2) is 44.0 Å². The average Bonchev–Trinajstić information content (AvgIpc) is 2.36. The van der Waals surface area contributed by atoms with Crippen LogP contribution in [0.2, 0.25) is 0 Å². The molecular formula is C11H20N2O3S. The minimum absolute atomic E-state index is 0.0825. The Bertz CT molecular complexity index is 378. The summed E-state index contributed by atoms with van der Waals surface area (Å²) in [5.41, 5.74) is 0. The van der Waals surface area contributed by atoms with Crippen LogP contribution in [0.1, 0.15) is 19.8 Å². The first-order valence-electron chi connectivity index (χ1n) is 5.87. The Hall–Kier alpha value is -0.880. The molecule has 1 N–H and O–H groups in total. The molecule has 1 fully saturated rings. The van der Waals surface area contributed by atoms with Crippen LogP contribution in [0.3, 0.4) is 0 Å². The van der Waals surface area contributed by atoms with E-state index in [2.05, 4.69) is 11.9 Å². The molecule has 1 aliphatic rings. The lowest BCUT2D eigenvalue weighted by atomic mass is 9.99. The van der Waals surface area contributed by atoms with Crippen molar-refractivity contribution >= 4 is 15.9 Å². The van der Waals surface area contributed by atoms with E-state index in [4.69, 9.17) is 0 Å². The molecule has 0 radical (unpaired) electrons. The summed E-state index contributed by atoms with van der Waals surface area (Å²) in [7, 11) is -3.18. The van der Waals surface area contributed by atoms with Gasteiger partial charge in [-0.25, -0.2) is 12.7 Å². The Kier molecular flexibility index (Phi) is 5.14. The summed E-state index contributed by atoms with van der Waals surface area (Å²) in [6.07, 6.45) is 3.10. The maximum absolute atomic E-state index is 11.7. The molecule has 1 unspecified atom stereocenters. The van der Waals surface area contributed by atoms with E-state index in [1.807, 2.05) is 0 Å². The Morgan fingerprint density at radius 1 is 1.59 bits per heavy atom. The number of amides is 1. The van der Waals surface area contributed by atoms with Gasteiger partial charge in [-0.1, -0.05) is 6.08 Å². The van der Waals surface area contributed by atoms with E-state index < -0.39 is 10.0 Å². The number of piperidine rings is 1. The largest absolute Gasteiger partial charge is 0.352 e. The monoisotopic (exact) mass is 260 g/mol. The number of hydrogen-bond acceptors (Lipinski definition) is 3. The molecule has 1 saturated heterocycles. The molecule has 0 aliphatic carbocycles. The topological polar surface area (TPSA) is 66.5 Å². The molecule has 0 aromatic rings. The van der Waals surface area contributed by atoms with Gasteiger partial charge in [0, 0.05) is 19.6 Å². The molecule has 0 spiro atoms. The Labute approximate surface area is 103 Å². The van der Waals surface area contributed by atoms with Crippen molar-refractivity contribution in [3.63, 3.8) is 0 Å². The molecule has 17 heavy (non-hydrogen) atoms. The zero-order valence-corrected chi connectivity index (χ0v) is 11.0. The number of hydrogen-bond donors (Lipinski definition) is 1. The van der Waals surface area contributed by atoms with Crippen molar-refractivity contribution < 1.29 is 13.2 Å². The molecule has 1 aliphatic heterocycles. The Balaban J connectivity index is 2.60. The summed E-state index contributed by atoms with van der Waals surface area (Å²) in [4.78, 5) is 11.7. The highest BCUT2D eigenvalue weighted by Gasteiger charge is 2.30. The summed E-state index contributed by atoms with van der Waals surface area (Å²) >= 11 is 0. The maximum Gasteiger partial charge on any atom is 0.224 e. The van der Waals surface area contributed by atoms with Gasteiger partial charge in [0.25, 0.3) is 0 Å². The highest BCUT2D eigenvalue weighted by atomic mass is 32.2. The molecule has 0 bridgehead atoms. The van der Waals surface area contributed by atoms with Crippen molar-refractivity contribution in [1.82, 2.24) is 9.62 Å². The lowest BCUT2D eigenvalue weighted by Gasteiger charge is -2.30. The van der Waals surface area contributed by atoms with Crippen LogP contribution < -0.4 is 5.32 Å². The van der Waals surface area contributed by atoms with Crippen molar-refractivity contribution in [2.75, 3.05) is 25.4 Å². The van der Waals surface area contributed by atoms with E-state index in [-0.39, 0.29) is 17.6 Å². The third-order valence-electron chi connectivity index (χ3n) is 2.93. The van der Waals surface area contributed by atoms with Gasteiger partial charge >= 0.3 is 0 Å². The van der Waals surface area contributed by atoms with Crippen molar-refractivity contribution in [1.29, 1.82) is 0 Å². The fraction of sp³-hybridized carbons (Fsp3) is 0.727. The van der Waals surface area contributed by atoms with Crippen LogP contribution in [-0.2, 0) is 14.8 Å². The van der Waals surface area contributed by atoms with Crippen molar-refractivity contribution in [2.24, 2.45) is 5.92 Å². The zero-order chi connectivity index (χ0) is 12.9. The summed E-state index contributed by atoms with van der Waals surface area (Å²) in [5, 5.41) is 2.71. The van der Waals surface area contributed by atoms with Crippen LogP contribution in [0.15, 0.2) is 12.7 Å². The second-order valence-electron chi connectivity index (χ2n) is 4.13. The zero-order valence-electron chi connectivity index (χ0n) is 10.2. The predicted octanol–water partition coefficient (Wildman–Crippen LogP) is 0.350. The number of carbonyl (C=O) groups is 1. The number of sulfonamides is 1. The lowest BCUT2D eigenvalue weighted by molar-refractivity contribution is -0.125. The molecule has 1 rings (SSSR count). The van der Waals surface area contributed by atoms with Gasteiger partial charge in [0.2, 0.25) is 15.9 Å². The SMILES string of the molecule is C=CCNC(=O)C1CCCN(S(=O)(=O)CC)C1. The van der Waals surface area contributed by atoms with Crippen molar-refractivity contribution in [3.8, 4) is 0 Å². The summed E-state index contributed by atoms with van der Waals surface area (Å²) < 4.78 is 24.9. The number of nitrogens with one attached hydrogen (secondary N) is 1. The number of carbonyl (C=O) groups excluding carboxylic acids is 1. The average molecular weight is 260 g/mol. The molecular weight excluding hydrogens is 240 g/mol. The summed E-state index contributed by atoms with van der Waals surface area (Å²) in [6, 6.07) is 0. The fourth-order valence-electron chi connectivity index (χ4n) is 1.91. The van der Waals surface area contributed by atoms with Gasteiger partial charge in [-0.05, 0) is 19.8 Å². The first-order chi connectivity index (χ1) is 8.01. The van der Waals surface area contributed by atoms with Crippen LogP contribution in [0, 0.1) is 5.92 Å². The van der Waals surface area contributed by atoms with Crippen molar-refractivity contribution in [2.45, 2.75) is 19.8 Å². The van der Waals surface area contributed by atoms with E-state index >= 15 is 0 Å². The van der Waals surface area contributed by atoms with Gasteiger partial charge < -0.3 is 5.32 Å². The van der Waals surface area contributed by atoms with Crippen LogP contribution in [0.5, 0.6) is 0 Å². The minimum atomic E-state index is -3.18. The van der Waals surface area contributed by atoms with Crippen LogP contribution in [0.25, 0.3) is 0 Å². The molecule has 0 aromatic carbocycles.